The lowest BCUT2D eigenvalue weighted by Crippen LogP contribution is -2.51. The number of carbonyl (C=O) groups is 1. The molecule has 1 atom stereocenters. The smallest absolute Gasteiger partial charge is 0.379 e. The van der Waals surface area contributed by atoms with E-state index in [-0.39, 0.29) is 5.56 Å². The molecule has 0 aliphatic rings. The van der Waals surface area contributed by atoms with Gasteiger partial charge in [0.25, 0.3) is 5.91 Å². The van der Waals surface area contributed by atoms with Crippen molar-refractivity contribution in [2.45, 2.75) is 18.7 Å². The summed E-state index contributed by atoms with van der Waals surface area (Å²) in [6, 6.07) is 2.93. The van der Waals surface area contributed by atoms with E-state index in [4.69, 9.17) is 0 Å². The molecule has 0 aliphatic carbocycles. The summed E-state index contributed by atoms with van der Waals surface area (Å²) in [5.74, 6) is -0.763. The Hall–Kier alpha value is -2.42. The summed E-state index contributed by atoms with van der Waals surface area (Å²) < 4.78 is 39.3. The molecule has 1 unspecified atom stereocenters. The fourth-order valence-corrected chi connectivity index (χ4v) is 1.81. The normalized spacial score (nSPS) is 14.3. The van der Waals surface area contributed by atoms with Crippen molar-refractivity contribution < 1.29 is 23.1 Å². The molecule has 2 aromatic heterocycles. The van der Waals surface area contributed by atoms with Gasteiger partial charge < -0.3 is 10.4 Å². The van der Waals surface area contributed by atoms with Gasteiger partial charge in [0.1, 0.15) is 0 Å². The summed E-state index contributed by atoms with van der Waals surface area (Å²) in [5, 5.41) is 15.4. The van der Waals surface area contributed by atoms with E-state index in [2.05, 4.69) is 15.4 Å². The number of nitrogens with zero attached hydrogens (tertiary/aromatic N) is 3. The van der Waals surface area contributed by atoms with E-state index in [1.807, 2.05) is 0 Å². The maximum atomic E-state index is 12.6. The van der Waals surface area contributed by atoms with Gasteiger partial charge >= 0.3 is 6.18 Å². The standard InChI is InChI=1S/C14H15F3N4O2/c1-13(23,14(15,16)17)8-19-12(22)10-4-3-5-18-11(10)9-6-20-21(2)7-9/h3-7,23H,8H2,1-2H3,(H,19,22). The van der Waals surface area contributed by atoms with Gasteiger partial charge in [0, 0.05) is 25.0 Å². The second-order valence-corrected chi connectivity index (χ2v) is 5.26. The molecule has 2 aromatic rings. The van der Waals surface area contributed by atoms with Gasteiger partial charge in [0.2, 0.25) is 0 Å². The van der Waals surface area contributed by atoms with Crippen molar-refractivity contribution in [1.29, 1.82) is 0 Å². The molecule has 2 rings (SSSR count). The number of alkyl halides is 3. The van der Waals surface area contributed by atoms with Crippen molar-refractivity contribution in [2.75, 3.05) is 6.54 Å². The van der Waals surface area contributed by atoms with E-state index >= 15 is 0 Å². The highest BCUT2D eigenvalue weighted by Crippen LogP contribution is 2.29. The fraction of sp³-hybridized carbons (Fsp3) is 0.357. The molecule has 124 valence electrons. The molecule has 23 heavy (non-hydrogen) atoms. The van der Waals surface area contributed by atoms with Crippen LogP contribution in [0.2, 0.25) is 0 Å². The number of carbonyl (C=O) groups excluding carboxylic acids is 1. The molecule has 0 aromatic carbocycles. The lowest BCUT2D eigenvalue weighted by atomic mass is 10.1. The van der Waals surface area contributed by atoms with Gasteiger partial charge in [-0.3, -0.25) is 14.5 Å². The number of hydrogen-bond acceptors (Lipinski definition) is 4. The molecule has 0 saturated heterocycles. The van der Waals surface area contributed by atoms with Crippen LogP contribution < -0.4 is 5.32 Å². The van der Waals surface area contributed by atoms with E-state index in [9.17, 15) is 23.1 Å². The Labute approximate surface area is 130 Å². The number of halogens is 3. The van der Waals surface area contributed by atoms with Crippen LogP contribution >= 0.6 is 0 Å². The molecule has 2 N–H and O–H groups in total. The third-order valence-corrected chi connectivity index (χ3v) is 3.23. The van der Waals surface area contributed by atoms with Crippen LogP contribution in [0.15, 0.2) is 30.7 Å². The largest absolute Gasteiger partial charge is 0.418 e. The molecule has 1 amide bonds. The lowest BCUT2D eigenvalue weighted by molar-refractivity contribution is -0.249. The predicted octanol–water partition coefficient (Wildman–Crippen LogP) is 1.53. The molecular weight excluding hydrogens is 313 g/mol. The molecule has 0 spiro atoms. The van der Waals surface area contributed by atoms with E-state index in [1.165, 1.54) is 29.2 Å². The highest BCUT2D eigenvalue weighted by atomic mass is 19.4. The Balaban J connectivity index is 2.21. The predicted molar refractivity (Wildman–Crippen MR) is 75.5 cm³/mol. The number of pyridine rings is 1. The first-order chi connectivity index (χ1) is 10.6. The lowest BCUT2D eigenvalue weighted by Gasteiger charge is -2.26. The average Bonchev–Trinajstić information content (AvgIpc) is 2.90. The zero-order valence-corrected chi connectivity index (χ0v) is 12.4. The summed E-state index contributed by atoms with van der Waals surface area (Å²) >= 11 is 0. The highest BCUT2D eigenvalue weighted by molar-refractivity contribution is 5.99. The molecule has 0 radical (unpaired) electrons. The zero-order valence-electron chi connectivity index (χ0n) is 12.4. The second kappa shape index (κ2) is 5.99. The van der Waals surface area contributed by atoms with Gasteiger partial charge in [-0.2, -0.15) is 18.3 Å². The molecule has 0 bridgehead atoms. The molecule has 0 saturated carbocycles. The van der Waals surface area contributed by atoms with Crippen LogP contribution in [0.5, 0.6) is 0 Å². The number of hydrogen-bond donors (Lipinski definition) is 2. The average molecular weight is 328 g/mol. The number of rotatable bonds is 4. The van der Waals surface area contributed by atoms with Crippen molar-refractivity contribution in [3.05, 3.63) is 36.3 Å². The number of aliphatic hydroxyl groups is 1. The first-order valence-electron chi connectivity index (χ1n) is 6.63. The van der Waals surface area contributed by atoms with Gasteiger partial charge in [-0.1, -0.05) is 0 Å². The quantitative estimate of drug-likeness (QED) is 0.892. The van der Waals surface area contributed by atoms with Crippen molar-refractivity contribution in [3.63, 3.8) is 0 Å². The Morgan fingerprint density at radius 1 is 1.43 bits per heavy atom. The van der Waals surface area contributed by atoms with Gasteiger partial charge in [0.15, 0.2) is 5.60 Å². The summed E-state index contributed by atoms with van der Waals surface area (Å²) in [6.45, 7) is -0.366. The molecule has 9 heteroatoms. The van der Waals surface area contributed by atoms with Crippen LogP contribution in [0.1, 0.15) is 17.3 Å². The van der Waals surface area contributed by atoms with Crippen LogP contribution in [0.25, 0.3) is 11.3 Å². The minimum atomic E-state index is -4.85. The van der Waals surface area contributed by atoms with E-state index in [0.29, 0.717) is 18.2 Å². The fourth-order valence-electron chi connectivity index (χ4n) is 1.81. The second-order valence-electron chi connectivity index (χ2n) is 5.26. The van der Waals surface area contributed by atoms with Gasteiger partial charge in [-0.05, 0) is 19.1 Å². The van der Waals surface area contributed by atoms with Crippen molar-refractivity contribution in [1.82, 2.24) is 20.1 Å². The summed E-state index contributed by atoms with van der Waals surface area (Å²) in [6.07, 6.45) is -0.262. The SMILES string of the molecule is Cn1cc(-c2ncccc2C(=O)NCC(C)(O)C(F)(F)F)cn1. The topological polar surface area (TPSA) is 80.0 Å². The Bertz CT molecular complexity index is 710. The maximum absolute atomic E-state index is 12.6. The first-order valence-corrected chi connectivity index (χ1v) is 6.63. The monoisotopic (exact) mass is 328 g/mol. The molecule has 2 heterocycles. The molecular formula is C14H15F3N4O2. The van der Waals surface area contributed by atoms with Crippen LogP contribution in [0.3, 0.4) is 0 Å². The summed E-state index contributed by atoms with van der Waals surface area (Å²) in [4.78, 5) is 16.2. The third kappa shape index (κ3) is 3.67. The summed E-state index contributed by atoms with van der Waals surface area (Å²) in [7, 11) is 1.69. The summed E-state index contributed by atoms with van der Waals surface area (Å²) in [5.41, 5.74) is -2.07. The van der Waals surface area contributed by atoms with Crippen LogP contribution in [0.4, 0.5) is 13.2 Å². The van der Waals surface area contributed by atoms with Gasteiger partial charge in [-0.15, -0.1) is 0 Å². The van der Waals surface area contributed by atoms with Crippen molar-refractivity contribution >= 4 is 5.91 Å². The third-order valence-electron chi connectivity index (χ3n) is 3.23. The Kier molecular flexibility index (Phi) is 4.42. The van der Waals surface area contributed by atoms with Crippen LogP contribution in [0, 0.1) is 0 Å². The van der Waals surface area contributed by atoms with Crippen molar-refractivity contribution in [2.24, 2.45) is 7.05 Å². The van der Waals surface area contributed by atoms with E-state index in [0.717, 1.165) is 0 Å². The number of nitrogens with one attached hydrogen (secondary N) is 1. The highest BCUT2D eigenvalue weighted by Gasteiger charge is 2.49. The Morgan fingerprint density at radius 2 is 2.13 bits per heavy atom. The minimum Gasteiger partial charge on any atom is -0.379 e. The zero-order chi connectivity index (χ0) is 17.3. The maximum Gasteiger partial charge on any atom is 0.418 e. The van der Waals surface area contributed by atoms with Gasteiger partial charge in [0.05, 0.1) is 24.0 Å². The van der Waals surface area contributed by atoms with E-state index in [1.54, 1.807) is 13.2 Å². The minimum absolute atomic E-state index is 0.0958. The van der Waals surface area contributed by atoms with Crippen LogP contribution in [-0.2, 0) is 7.05 Å². The molecule has 6 nitrogen and oxygen atoms in total. The number of aryl methyl sites for hydroxylation is 1. The van der Waals surface area contributed by atoms with E-state index < -0.39 is 24.2 Å². The first kappa shape index (κ1) is 16.9. The number of amides is 1. The molecule has 0 fully saturated rings. The number of aromatic nitrogens is 3. The van der Waals surface area contributed by atoms with Crippen molar-refractivity contribution in [3.8, 4) is 11.3 Å². The van der Waals surface area contributed by atoms with Crippen LogP contribution in [-0.4, -0.2) is 44.1 Å². The molecule has 0 aliphatic heterocycles. The van der Waals surface area contributed by atoms with Gasteiger partial charge in [-0.25, -0.2) is 0 Å². The Morgan fingerprint density at radius 3 is 2.70 bits per heavy atom.